The molecule has 2 aromatic carbocycles. The van der Waals surface area contributed by atoms with E-state index in [1.54, 1.807) is 16.7 Å². The molecule has 0 saturated heterocycles. The molecule has 174 valence electrons. The van der Waals surface area contributed by atoms with Gasteiger partial charge in [0.2, 0.25) is 11.8 Å². The van der Waals surface area contributed by atoms with Gasteiger partial charge in [0.25, 0.3) is 0 Å². The van der Waals surface area contributed by atoms with Crippen LogP contribution in [-0.4, -0.2) is 41.6 Å². The summed E-state index contributed by atoms with van der Waals surface area (Å²) in [6.07, 6.45) is 4.53. The van der Waals surface area contributed by atoms with Crippen molar-refractivity contribution in [1.29, 1.82) is 0 Å². The molecule has 1 N–H and O–H groups in total. The van der Waals surface area contributed by atoms with Gasteiger partial charge in [0.15, 0.2) is 0 Å². The third-order valence-corrected chi connectivity index (χ3v) is 6.67. The van der Waals surface area contributed by atoms with Crippen molar-refractivity contribution in [2.45, 2.75) is 63.3 Å². The molecular formula is C26H35ClN2O2S. The second-order valence-corrected chi connectivity index (χ2v) is 9.40. The smallest absolute Gasteiger partial charge is 0.242 e. The molecule has 0 saturated carbocycles. The largest absolute Gasteiger partial charge is 0.354 e. The van der Waals surface area contributed by atoms with Crippen molar-refractivity contribution >= 4 is 35.2 Å². The second-order valence-electron chi connectivity index (χ2n) is 7.80. The van der Waals surface area contributed by atoms with Crippen LogP contribution in [0.4, 0.5) is 0 Å². The molecule has 0 bridgehead atoms. The summed E-state index contributed by atoms with van der Waals surface area (Å²) in [5.41, 5.74) is 1.17. The van der Waals surface area contributed by atoms with E-state index in [4.69, 9.17) is 11.6 Å². The van der Waals surface area contributed by atoms with Gasteiger partial charge in [-0.05, 0) is 61.3 Å². The molecule has 1 unspecified atom stereocenters. The number of unbranched alkanes of at least 4 members (excludes halogenated alkanes) is 1. The number of benzene rings is 2. The number of carbonyl (C=O) groups is 2. The lowest BCUT2D eigenvalue weighted by atomic mass is 10.1. The Morgan fingerprint density at radius 1 is 1.03 bits per heavy atom. The van der Waals surface area contributed by atoms with Crippen molar-refractivity contribution in [3.8, 4) is 0 Å². The maximum Gasteiger partial charge on any atom is 0.242 e. The first-order valence-corrected chi connectivity index (χ1v) is 12.9. The zero-order valence-electron chi connectivity index (χ0n) is 19.2. The van der Waals surface area contributed by atoms with Crippen molar-refractivity contribution in [1.82, 2.24) is 10.2 Å². The quantitative estimate of drug-likeness (QED) is 0.270. The number of amides is 2. The van der Waals surface area contributed by atoms with Crippen LogP contribution in [0.15, 0.2) is 59.5 Å². The number of halogens is 1. The van der Waals surface area contributed by atoms with E-state index in [0.29, 0.717) is 25.9 Å². The van der Waals surface area contributed by atoms with Gasteiger partial charge in [0.1, 0.15) is 6.04 Å². The van der Waals surface area contributed by atoms with E-state index in [1.807, 2.05) is 49.4 Å². The van der Waals surface area contributed by atoms with Gasteiger partial charge < -0.3 is 10.2 Å². The maximum atomic E-state index is 13.2. The van der Waals surface area contributed by atoms with Crippen molar-refractivity contribution in [2.24, 2.45) is 0 Å². The van der Waals surface area contributed by atoms with E-state index in [1.165, 1.54) is 5.56 Å². The minimum absolute atomic E-state index is 0.0436. The summed E-state index contributed by atoms with van der Waals surface area (Å²) in [5.74, 6) is 0.854. The number of rotatable bonds is 14. The normalized spacial score (nSPS) is 11.7. The van der Waals surface area contributed by atoms with Crippen LogP contribution in [0.5, 0.6) is 0 Å². The van der Waals surface area contributed by atoms with Gasteiger partial charge in [-0.3, -0.25) is 9.59 Å². The predicted octanol–water partition coefficient (Wildman–Crippen LogP) is 5.98. The molecule has 1 atom stereocenters. The maximum absolute atomic E-state index is 13.2. The third kappa shape index (κ3) is 9.25. The Bertz CT molecular complexity index is 814. The van der Waals surface area contributed by atoms with Gasteiger partial charge >= 0.3 is 0 Å². The molecule has 4 nitrogen and oxygen atoms in total. The Kier molecular flexibility index (Phi) is 12.3. The SMILES string of the molecule is CCCCNC(=O)C(CC)N(CCc1ccccc1)C(=O)CCCSc1ccc(Cl)cc1. The molecule has 0 aliphatic heterocycles. The van der Waals surface area contributed by atoms with E-state index in [9.17, 15) is 9.59 Å². The van der Waals surface area contributed by atoms with E-state index in [2.05, 4.69) is 24.4 Å². The van der Waals surface area contributed by atoms with E-state index in [-0.39, 0.29) is 11.8 Å². The Hall–Kier alpha value is -1.98. The molecular weight excluding hydrogens is 440 g/mol. The first kappa shape index (κ1) is 26.3. The van der Waals surface area contributed by atoms with Crippen molar-refractivity contribution < 1.29 is 9.59 Å². The number of thioether (sulfide) groups is 1. The Balaban J connectivity index is 1.96. The minimum Gasteiger partial charge on any atom is -0.354 e. The summed E-state index contributed by atoms with van der Waals surface area (Å²) in [4.78, 5) is 28.9. The van der Waals surface area contributed by atoms with Crippen LogP contribution in [0.1, 0.15) is 51.5 Å². The zero-order chi connectivity index (χ0) is 23.2. The molecule has 2 amide bonds. The van der Waals surface area contributed by atoms with Gasteiger partial charge in [-0.25, -0.2) is 0 Å². The van der Waals surface area contributed by atoms with Crippen LogP contribution in [0.25, 0.3) is 0 Å². The average Bonchev–Trinajstić information content (AvgIpc) is 2.81. The molecule has 0 aromatic heterocycles. The second kappa shape index (κ2) is 15.0. The fraction of sp³-hybridized carbons (Fsp3) is 0.462. The number of nitrogens with zero attached hydrogens (tertiary/aromatic N) is 1. The predicted molar refractivity (Wildman–Crippen MR) is 135 cm³/mol. The van der Waals surface area contributed by atoms with Crippen LogP contribution in [0, 0.1) is 0 Å². The van der Waals surface area contributed by atoms with Crippen molar-refractivity contribution in [3.63, 3.8) is 0 Å². The Morgan fingerprint density at radius 3 is 2.41 bits per heavy atom. The number of carbonyl (C=O) groups excluding carboxylic acids is 2. The van der Waals surface area contributed by atoms with Gasteiger partial charge in [0.05, 0.1) is 0 Å². The van der Waals surface area contributed by atoms with E-state index in [0.717, 1.165) is 41.4 Å². The van der Waals surface area contributed by atoms with Gasteiger partial charge in [-0.2, -0.15) is 0 Å². The Labute approximate surface area is 202 Å². The highest BCUT2D eigenvalue weighted by molar-refractivity contribution is 7.99. The van der Waals surface area contributed by atoms with Gasteiger partial charge in [0, 0.05) is 29.4 Å². The average molecular weight is 475 g/mol. The van der Waals surface area contributed by atoms with Crippen LogP contribution in [0.2, 0.25) is 5.02 Å². The van der Waals surface area contributed by atoms with Gasteiger partial charge in [-0.1, -0.05) is 62.2 Å². The Morgan fingerprint density at radius 2 is 1.75 bits per heavy atom. The summed E-state index contributed by atoms with van der Waals surface area (Å²) in [5, 5.41) is 3.74. The molecule has 6 heteroatoms. The fourth-order valence-corrected chi connectivity index (χ4v) is 4.47. The van der Waals surface area contributed by atoms with E-state index >= 15 is 0 Å². The standard InChI is InChI=1S/C26H35ClN2O2S/c1-3-5-18-28-26(31)24(4-2)29(19-17-21-10-7-6-8-11-21)25(30)12-9-20-32-23-15-13-22(27)14-16-23/h6-8,10-11,13-16,24H,3-5,9,12,17-20H2,1-2H3,(H,28,31). The van der Waals surface area contributed by atoms with Crippen LogP contribution < -0.4 is 5.32 Å². The summed E-state index contributed by atoms with van der Waals surface area (Å²) in [6.45, 7) is 5.28. The van der Waals surface area contributed by atoms with Crippen LogP contribution in [0.3, 0.4) is 0 Å². The lowest BCUT2D eigenvalue weighted by molar-refractivity contribution is -0.140. The summed E-state index contributed by atoms with van der Waals surface area (Å²) >= 11 is 7.66. The van der Waals surface area contributed by atoms with Crippen LogP contribution in [-0.2, 0) is 16.0 Å². The lowest BCUT2D eigenvalue weighted by Crippen LogP contribution is -2.50. The minimum atomic E-state index is -0.424. The molecule has 2 aromatic rings. The molecule has 2 rings (SSSR count). The molecule has 0 heterocycles. The summed E-state index contributed by atoms with van der Waals surface area (Å²) in [6, 6.07) is 17.4. The summed E-state index contributed by atoms with van der Waals surface area (Å²) in [7, 11) is 0. The molecule has 0 aliphatic carbocycles. The summed E-state index contributed by atoms with van der Waals surface area (Å²) < 4.78 is 0. The van der Waals surface area contributed by atoms with Crippen molar-refractivity contribution in [2.75, 3.05) is 18.8 Å². The fourth-order valence-electron chi connectivity index (χ4n) is 3.49. The third-order valence-electron chi connectivity index (χ3n) is 5.32. The monoisotopic (exact) mass is 474 g/mol. The molecule has 32 heavy (non-hydrogen) atoms. The van der Waals surface area contributed by atoms with Gasteiger partial charge in [-0.15, -0.1) is 11.8 Å². The number of hydrogen-bond donors (Lipinski definition) is 1. The van der Waals surface area contributed by atoms with Crippen molar-refractivity contribution in [3.05, 3.63) is 65.2 Å². The first-order chi connectivity index (χ1) is 15.5. The molecule has 0 aliphatic rings. The molecule has 0 radical (unpaired) electrons. The van der Waals surface area contributed by atoms with Crippen LogP contribution >= 0.6 is 23.4 Å². The number of nitrogens with one attached hydrogen (secondary N) is 1. The molecule has 0 fully saturated rings. The lowest BCUT2D eigenvalue weighted by Gasteiger charge is -2.30. The topological polar surface area (TPSA) is 49.4 Å². The zero-order valence-corrected chi connectivity index (χ0v) is 20.8. The first-order valence-electron chi connectivity index (χ1n) is 11.5. The highest BCUT2D eigenvalue weighted by Crippen LogP contribution is 2.22. The molecule has 0 spiro atoms. The highest BCUT2D eigenvalue weighted by atomic mass is 35.5. The highest BCUT2D eigenvalue weighted by Gasteiger charge is 2.27. The van der Waals surface area contributed by atoms with E-state index < -0.39 is 6.04 Å². The number of hydrogen-bond acceptors (Lipinski definition) is 3.